The van der Waals surface area contributed by atoms with Crippen LogP contribution in [0.3, 0.4) is 0 Å². The van der Waals surface area contributed by atoms with Crippen LogP contribution in [0.4, 0.5) is 5.69 Å². The third-order valence-electron chi connectivity index (χ3n) is 5.49. The summed E-state index contributed by atoms with van der Waals surface area (Å²) < 4.78 is 0. The van der Waals surface area contributed by atoms with Crippen molar-refractivity contribution in [2.24, 2.45) is 11.7 Å². The summed E-state index contributed by atoms with van der Waals surface area (Å²) in [6.07, 6.45) is 3.51. The van der Waals surface area contributed by atoms with E-state index >= 15 is 0 Å². The van der Waals surface area contributed by atoms with Gasteiger partial charge in [0, 0.05) is 36.8 Å². The van der Waals surface area contributed by atoms with E-state index in [1.165, 1.54) is 5.56 Å². The van der Waals surface area contributed by atoms with Crippen molar-refractivity contribution in [3.8, 4) is 0 Å². The van der Waals surface area contributed by atoms with Gasteiger partial charge in [-0.15, -0.1) is 0 Å². The van der Waals surface area contributed by atoms with Gasteiger partial charge in [0.25, 0.3) is 0 Å². The van der Waals surface area contributed by atoms with Gasteiger partial charge in [-0.1, -0.05) is 50.2 Å². The number of amides is 1. The predicted octanol–water partition coefficient (Wildman–Crippen LogP) is 3.46. The number of benzene rings is 2. The first-order valence-corrected chi connectivity index (χ1v) is 11.0. The van der Waals surface area contributed by atoms with Crippen LogP contribution in [0.2, 0.25) is 0 Å². The molecule has 1 amide bonds. The average Bonchev–Trinajstić information content (AvgIpc) is 2.78. The number of primary amides is 1. The van der Waals surface area contributed by atoms with Gasteiger partial charge in [-0.2, -0.15) is 0 Å². The molecule has 2 aromatic rings. The molecule has 168 valence electrons. The first kappa shape index (κ1) is 24.6. The summed E-state index contributed by atoms with van der Waals surface area (Å²) in [6, 6.07) is 15.7. The highest BCUT2D eigenvalue weighted by atomic mass is 16.3. The van der Waals surface area contributed by atoms with Gasteiger partial charge >= 0.3 is 0 Å². The van der Waals surface area contributed by atoms with Crippen LogP contribution < -0.4 is 16.4 Å². The molecule has 0 aliphatic heterocycles. The normalized spacial score (nSPS) is 13.9. The number of carbonyl (C=O) groups excluding carboxylic acids is 2. The van der Waals surface area contributed by atoms with Crippen LogP contribution in [-0.4, -0.2) is 36.4 Å². The number of carbonyl (C=O) groups is 2. The fraction of sp³-hybridized carbons (Fsp3) is 0.440. The molecule has 6 nitrogen and oxygen atoms in total. The molecular weight excluding hydrogens is 390 g/mol. The Morgan fingerprint density at radius 2 is 1.77 bits per heavy atom. The molecule has 3 atom stereocenters. The third-order valence-corrected chi connectivity index (χ3v) is 5.49. The van der Waals surface area contributed by atoms with Crippen molar-refractivity contribution in [3.63, 3.8) is 0 Å². The van der Waals surface area contributed by atoms with Crippen LogP contribution in [0.25, 0.3) is 0 Å². The van der Waals surface area contributed by atoms with E-state index in [-0.39, 0.29) is 11.8 Å². The smallest absolute Gasteiger partial charge is 0.217 e. The van der Waals surface area contributed by atoms with Crippen molar-refractivity contribution >= 4 is 17.9 Å². The summed E-state index contributed by atoms with van der Waals surface area (Å²) in [7, 11) is 0. The number of aliphatic hydroxyl groups excluding tert-OH is 1. The van der Waals surface area contributed by atoms with Crippen molar-refractivity contribution in [2.45, 2.75) is 51.7 Å². The van der Waals surface area contributed by atoms with Crippen molar-refractivity contribution in [1.82, 2.24) is 5.32 Å². The Kier molecular flexibility index (Phi) is 10.2. The van der Waals surface area contributed by atoms with Gasteiger partial charge < -0.3 is 21.5 Å². The number of aryl methyl sites for hydroxylation is 1. The second-order valence-electron chi connectivity index (χ2n) is 8.21. The molecule has 31 heavy (non-hydrogen) atoms. The number of nitrogens with two attached hydrogens (primary N) is 1. The number of hydrogen-bond donors (Lipinski definition) is 4. The Labute approximate surface area is 185 Å². The topological polar surface area (TPSA) is 104 Å². The Hall–Kier alpha value is -2.70. The Morgan fingerprint density at radius 3 is 2.35 bits per heavy atom. The number of anilines is 1. The summed E-state index contributed by atoms with van der Waals surface area (Å²) in [6.45, 7) is 5.28. The van der Waals surface area contributed by atoms with Crippen molar-refractivity contribution in [2.75, 3.05) is 18.4 Å². The SMILES string of the molecule is CCC(CCc1ccc(C=O)cc1)NCC(O)c1ccc(NCC(C)CC(N)=O)cc1. The standard InChI is InChI=1S/C25H35N3O3/c1-3-22(11-8-19-4-6-20(17-29)7-5-19)28-16-24(30)21-9-12-23(13-10-21)27-15-18(2)14-25(26)31/h4-7,9-10,12-13,17-18,22,24,27-28,30H,3,8,11,14-16H2,1-2H3,(H2,26,31). The van der Waals surface area contributed by atoms with Crippen LogP contribution in [0.1, 0.15) is 60.7 Å². The summed E-state index contributed by atoms with van der Waals surface area (Å²) in [4.78, 5) is 21.7. The molecule has 0 bridgehead atoms. The van der Waals surface area contributed by atoms with E-state index in [2.05, 4.69) is 17.6 Å². The van der Waals surface area contributed by atoms with Crippen molar-refractivity contribution < 1.29 is 14.7 Å². The van der Waals surface area contributed by atoms with Gasteiger partial charge in [-0.25, -0.2) is 0 Å². The Bertz CT molecular complexity index is 806. The van der Waals surface area contributed by atoms with Crippen LogP contribution in [0.5, 0.6) is 0 Å². The molecular formula is C25H35N3O3. The fourth-order valence-corrected chi connectivity index (χ4v) is 3.48. The minimum absolute atomic E-state index is 0.168. The van der Waals surface area contributed by atoms with E-state index in [0.29, 0.717) is 31.1 Å². The number of aliphatic hydroxyl groups is 1. The first-order chi connectivity index (χ1) is 14.9. The number of hydrogen-bond acceptors (Lipinski definition) is 5. The summed E-state index contributed by atoms with van der Waals surface area (Å²) in [5.74, 6) is -0.123. The summed E-state index contributed by atoms with van der Waals surface area (Å²) >= 11 is 0. The molecule has 0 spiro atoms. The predicted molar refractivity (Wildman–Crippen MR) is 125 cm³/mol. The zero-order valence-corrected chi connectivity index (χ0v) is 18.5. The minimum Gasteiger partial charge on any atom is -0.387 e. The highest BCUT2D eigenvalue weighted by Gasteiger charge is 2.12. The molecule has 5 N–H and O–H groups in total. The molecule has 0 fully saturated rings. The quantitative estimate of drug-likeness (QED) is 0.347. The lowest BCUT2D eigenvalue weighted by molar-refractivity contribution is -0.118. The van der Waals surface area contributed by atoms with E-state index in [9.17, 15) is 14.7 Å². The van der Waals surface area contributed by atoms with E-state index in [1.54, 1.807) is 0 Å². The lowest BCUT2D eigenvalue weighted by atomic mass is 10.0. The van der Waals surface area contributed by atoms with E-state index in [0.717, 1.165) is 36.8 Å². The van der Waals surface area contributed by atoms with E-state index in [4.69, 9.17) is 5.73 Å². The van der Waals surface area contributed by atoms with Gasteiger partial charge in [0.05, 0.1) is 6.10 Å². The second kappa shape index (κ2) is 12.9. The van der Waals surface area contributed by atoms with E-state index < -0.39 is 6.10 Å². The van der Waals surface area contributed by atoms with Crippen molar-refractivity contribution in [1.29, 1.82) is 0 Å². The highest BCUT2D eigenvalue weighted by Crippen LogP contribution is 2.17. The van der Waals surface area contributed by atoms with Gasteiger partial charge in [0.2, 0.25) is 5.91 Å². The van der Waals surface area contributed by atoms with Gasteiger partial charge in [0.1, 0.15) is 6.29 Å². The summed E-state index contributed by atoms with van der Waals surface area (Å²) in [5, 5.41) is 17.3. The minimum atomic E-state index is -0.580. The molecule has 3 unspecified atom stereocenters. The zero-order valence-electron chi connectivity index (χ0n) is 18.5. The lowest BCUT2D eigenvalue weighted by Crippen LogP contribution is -2.32. The summed E-state index contributed by atoms with van der Waals surface area (Å²) in [5.41, 5.74) is 8.94. The number of aldehydes is 1. The van der Waals surface area contributed by atoms with Crippen LogP contribution in [0, 0.1) is 5.92 Å². The van der Waals surface area contributed by atoms with Gasteiger partial charge in [0.15, 0.2) is 0 Å². The fourth-order valence-electron chi connectivity index (χ4n) is 3.48. The third kappa shape index (κ3) is 8.90. The Morgan fingerprint density at radius 1 is 1.10 bits per heavy atom. The van der Waals surface area contributed by atoms with Crippen LogP contribution in [0.15, 0.2) is 48.5 Å². The van der Waals surface area contributed by atoms with Crippen molar-refractivity contribution in [3.05, 3.63) is 65.2 Å². The molecule has 0 radical (unpaired) electrons. The molecule has 0 aliphatic carbocycles. The average molecular weight is 426 g/mol. The lowest BCUT2D eigenvalue weighted by Gasteiger charge is -2.20. The molecule has 0 aliphatic rings. The number of nitrogens with one attached hydrogen (secondary N) is 2. The molecule has 0 heterocycles. The first-order valence-electron chi connectivity index (χ1n) is 11.0. The zero-order chi connectivity index (χ0) is 22.6. The maximum atomic E-state index is 11.0. The van der Waals surface area contributed by atoms with Gasteiger partial charge in [-0.05, 0) is 48.4 Å². The molecule has 0 saturated heterocycles. The largest absolute Gasteiger partial charge is 0.387 e. The molecule has 6 heteroatoms. The highest BCUT2D eigenvalue weighted by molar-refractivity contribution is 5.74. The molecule has 0 saturated carbocycles. The number of rotatable bonds is 14. The second-order valence-corrected chi connectivity index (χ2v) is 8.21. The maximum Gasteiger partial charge on any atom is 0.217 e. The maximum absolute atomic E-state index is 11.0. The monoisotopic (exact) mass is 425 g/mol. The van der Waals surface area contributed by atoms with E-state index in [1.807, 2.05) is 55.5 Å². The van der Waals surface area contributed by atoms with Crippen LogP contribution in [-0.2, 0) is 11.2 Å². The van der Waals surface area contributed by atoms with Gasteiger partial charge in [-0.3, -0.25) is 9.59 Å². The molecule has 0 aromatic heterocycles. The Balaban J connectivity index is 1.77. The van der Waals surface area contributed by atoms with Crippen LogP contribution >= 0.6 is 0 Å². The molecule has 2 aromatic carbocycles. The molecule has 2 rings (SSSR count).